The first-order chi connectivity index (χ1) is 5.15. The molecule has 1 atom stereocenters. The van der Waals surface area contributed by atoms with Gasteiger partial charge in [-0.25, -0.2) is 4.39 Å². The third kappa shape index (κ3) is 1.80. The molecule has 1 saturated heterocycles. The van der Waals surface area contributed by atoms with Gasteiger partial charge in [0.2, 0.25) is 0 Å². The van der Waals surface area contributed by atoms with E-state index in [9.17, 15) is 4.39 Å². The molecule has 1 heterocycles. The molecule has 1 aliphatic rings. The lowest BCUT2D eigenvalue weighted by atomic mass is 10.2. The van der Waals surface area contributed by atoms with Crippen LogP contribution in [0.4, 0.5) is 4.39 Å². The molecule has 0 unspecified atom stereocenters. The van der Waals surface area contributed by atoms with Crippen molar-refractivity contribution in [2.24, 2.45) is 0 Å². The van der Waals surface area contributed by atoms with Gasteiger partial charge in [-0.05, 0) is 32.8 Å². The van der Waals surface area contributed by atoms with Gasteiger partial charge in [0.15, 0.2) is 0 Å². The van der Waals surface area contributed by atoms with E-state index in [0.29, 0.717) is 12.1 Å². The van der Waals surface area contributed by atoms with Crippen molar-refractivity contribution in [3.8, 4) is 0 Å². The van der Waals surface area contributed by atoms with Gasteiger partial charge in [0.1, 0.15) is 0 Å². The van der Waals surface area contributed by atoms with Gasteiger partial charge in [-0.3, -0.25) is 4.90 Å². The van der Waals surface area contributed by atoms with E-state index < -0.39 is 0 Å². The van der Waals surface area contributed by atoms with E-state index in [-0.39, 0.29) is 0 Å². The first-order valence-electron chi connectivity index (χ1n) is 4.19. The Balaban J connectivity index is 2.59. The summed E-state index contributed by atoms with van der Waals surface area (Å²) in [6, 6.07) is 1.04. The zero-order valence-electron chi connectivity index (χ0n) is 7.47. The molecule has 1 nitrogen and oxygen atoms in total. The molecule has 0 spiro atoms. The summed E-state index contributed by atoms with van der Waals surface area (Å²) >= 11 is 0. The average molecular weight is 157 g/mol. The molecular formula is C9H16FN. The molecule has 64 valence electrons. The first kappa shape index (κ1) is 8.72. The fraction of sp³-hybridized carbons (Fsp3) is 0.778. The molecule has 0 aromatic heterocycles. The highest BCUT2D eigenvalue weighted by Crippen LogP contribution is 2.23. The van der Waals surface area contributed by atoms with Crippen molar-refractivity contribution >= 4 is 0 Å². The highest BCUT2D eigenvalue weighted by molar-refractivity contribution is 5.09. The van der Waals surface area contributed by atoms with E-state index in [4.69, 9.17) is 0 Å². The Kier molecular flexibility index (Phi) is 2.66. The van der Waals surface area contributed by atoms with E-state index in [1.54, 1.807) is 0 Å². The predicted molar refractivity (Wildman–Crippen MR) is 45.1 cm³/mol. The van der Waals surface area contributed by atoms with E-state index in [0.717, 1.165) is 24.9 Å². The van der Waals surface area contributed by atoms with Crippen molar-refractivity contribution in [3.63, 3.8) is 0 Å². The number of rotatable bonds is 1. The van der Waals surface area contributed by atoms with E-state index in [1.807, 2.05) is 0 Å². The lowest BCUT2D eigenvalue weighted by Gasteiger charge is -2.24. The smallest absolute Gasteiger partial charge is 0.0872 e. The third-order valence-electron chi connectivity index (χ3n) is 2.33. The molecule has 0 amide bonds. The Labute approximate surface area is 67.9 Å². The lowest BCUT2D eigenvalue weighted by Crippen LogP contribution is -2.33. The van der Waals surface area contributed by atoms with Crippen molar-refractivity contribution in [1.29, 1.82) is 0 Å². The van der Waals surface area contributed by atoms with E-state index in [2.05, 4.69) is 25.7 Å². The fourth-order valence-electron chi connectivity index (χ4n) is 1.72. The van der Waals surface area contributed by atoms with Crippen molar-refractivity contribution in [2.45, 2.75) is 39.3 Å². The predicted octanol–water partition coefficient (Wildman–Crippen LogP) is 2.34. The molecule has 0 N–H and O–H groups in total. The summed E-state index contributed by atoms with van der Waals surface area (Å²) in [5, 5.41) is 0. The monoisotopic (exact) mass is 157 g/mol. The molecule has 11 heavy (non-hydrogen) atoms. The van der Waals surface area contributed by atoms with Gasteiger partial charge in [-0.1, -0.05) is 0 Å². The number of likely N-dealkylation sites (tertiary alicyclic amines) is 1. The summed E-state index contributed by atoms with van der Waals surface area (Å²) in [5.74, 6) is 0. The van der Waals surface area contributed by atoms with Crippen molar-refractivity contribution in [3.05, 3.63) is 11.9 Å². The van der Waals surface area contributed by atoms with Crippen LogP contribution in [0.5, 0.6) is 0 Å². The summed E-state index contributed by atoms with van der Waals surface area (Å²) in [7, 11) is 0. The van der Waals surface area contributed by atoms with Gasteiger partial charge < -0.3 is 0 Å². The zero-order valence-corrected chi connectivity index (χ0v) is 7.47. The van der Waals surface area contributed by atoms with Gasteiger partial charge in [0, 0.05) is 18.6 Å². The van der Waals surface area contributed by atoms with Crippen LogP contribution < -0.4 is 0 Å². The summed E-state index contributed by atoms with van der Waals surface area (Å²) in [4.78, 5) is 2.31. The maximum absolute atomic E-state index is 12.1. The van der Waals surface area contributed by atoms with Crippen LogP contribution in [0.1, 0.15) is 27.2 Å². The summed E-state index contributed by atoms with van der Waals surface area (Å²) in [6.45, 7) is 7.27. The number of nitrogens with zero attached hydrogens (tertiary/aromatic N) is 1. The number of hydrogen-bond donors (Lipinski definition) is 0. The standard InChI is InChI=1S/C9H16FN/c1-7(2)11-6-9(5-10)4-8(11)3/h5,7-8H,4,6H2,1-3H3/b9-5+/t8-/m1/s1. The van der Waals surface area contributed by atoms with Crippen LogP contribution in [-0.2, 0) is 0 Å². The topological polar surface area (TPSA) is 3.24 Å². The van der Waals surface area contributed by atoms with Crippen LogP contribution >= 0.6 is 0 Å². The highest BCUT2D eigenvalue weighted by atomic mass is 19.1. The van der Waals surface area contributed by atoms with Gasteiger partial charge >= 0.3 is 0 Å². The van der Waals surface area contributed by atoms with Crippen LogP contribution in [0, 0.1) is 0 Å². The van der Waals surface area contributed by atoms with Gasteiger partial charge in [-0.2, -0.15) is 0 Å². The van der Waals surface area contributed by atoms with Crippen LogP contribution in [0.3, 0.4) is 0 Å². The largest absolute Gasteiger partial charge is 0.294 e. The Morgan fingerprint density at radius 2 is 2.27 bits per heavy atom. The van der Waals surface area contributed by atoms with Crippen molar-refractivity contribution < 1.29 is 4.39 Å². The van der Waals surface area contributed by atoms with Crippen LogP contribution in [0.25, 0.3) is 0 Å². The quantitative estimate of drug-likeness (QED) is 0.564. The molecule has 1 rings (SSSR count). The van der Waals surface area contributed by atoms with Crippen LogP contribution in [-0.4, -0.2) is 23.5 Å². The molecule has 0 aromatic carbocycles. The average Bonchev–Trinajstić information content (AvgIpc) is 2.30. The zero-order chi connectivity index (χ0) is 8.43. The Hall–Kier alpha value is -0.370. The summed E-state index contributed by atoms with van der Waals surface area (Å²) in [5.41, 5.74) is 0.936. The molecule has 1 fully saturated rings. The minimum absolute atomic E-state index is 0.511. The maximum atomic E-state index is 12.1. The van der Waals surface area contributed by atoms with Crippen LogP contribution in [0.2, 0.25) is 0 Å². The Morgan fingerprint density at radius 3 is 2.55 bits per heavy atom. The molecule has 0 radical (unpaired) electrons. The SMILES string of the molecule is CC(C)N1C/C(=C/F)C[C@H]1C. The second-order valence-electron chi connectivity index (χ2n) is 3.59. The first-order valence-corrected chi connectivity index (χ1v) is 4.19. The summed E-state index contributed by atoms with van der Waals surface area (Å²) in [6.07, 6.45) is 1.66. The molecule has 0 aliphatic carbocycles. The molecule has 1 aliphatic heterocycles. The molecular weight excluding hydrogens is 141 g/mol. The van der Waals surface area contributed by atoms with E-state index in [1.165, 1.54) is 0 Å². The van der Waals surface area contributed by atoms with Gasteiger partial charge in [0.25, 0.3) is 0 Å². The molecule has 0 saturated carbocycles. The number of hydrogen-bond acceptors (Lipinski definition) is 1. The maximum Gasteiger partial charge on any atom is 0.0872 e. The highest BCUT2D eigenvalue weighted by Gasteiger charge is 2.25. The summed E-state index contributed by atoms with van der Waals surface area (Å²) < 4.78 is 12.1. The normalized spacial score (nSPS) is 30.6. The lowest BCUT2D eigenvalue weighted by molar-refractivity contribution is 0.218. The molecule has 0 bridgehead atoms. The fourth-order valence-corrected chi connectivity index (χ4v) is 1.72. The van der Waals surface area contributed by atoms with Crippen LogP contribution in [0.15, 0.2) is 11.9 Å². The number of halogens is 1. The Morgan fingerprint density at radius 1 is 1.64 bits per heavy atom. The van der Waals surface area contributed by atoms with Gasteiger partial charge in [0.05, 0.1) is 6.33 Å². The third-order valence-corrected chi connectivity index (χ3v) is 2.33. The van der Waals surface area contributed by atoms with E-state index >= 15 is 0 Å². The molecule has 2 heteroatoms. The Bertz CT molecular complexity index is 163. The minimum Gasteiger partial charge on any atom is -0.294 e. The van der Waals surface area contributed by atoms with Crippen molar-refractivity contribution in [1.82, 2.24) is 4.90 Å². The second-order valence-corrected chi connectivity index (χ2v) is 3.59. The molecule has 0 aromatic rings. The minimum atomic E-state index is 0.511. The van der Waals surface area contributed by atoms with Crippen molar-refractivity contribution in [2.75, 3.05) is 6.54 Å². The second kappa shape index (κ2) is 3.35. The van der Waals surface area contributed by atoms with Gasteiger partial charge in [-0.15, -0.1) is 0 Å².